The van der Waals surface area contributed by atoms with Gasteiger partial charge in [-0.05, 0) is 25.1 Å². The Bertz CT molecular complexity index is 328. The molecule has 0 aliphatic heterocycles. The normalized spacial score (nSPS) is 9.73. The van der Waals surface area contributed by atoms with E-state index in [0.29, 0.717) is 12.4 Å². The van der Waals surface area contributed by atoms with Gasteiger partial charge in [0, 0.05) is 17.6 Å². The van der Waals surface area contributed by atoms with Crippen LogP contribution in [0, 0.1) is 0 Å². The Morgan fingerprint density at radius 1 is 1.53 bits per heavy atom. The third kappa shape index (κ3) is 4.25. The summed E-state index contributed by atoms with van der Waals surface area (Å²) in [7, 11) is 1.87. The van der Waals surface area contributed by atoms with E-state index in [9.17, 15) is 4.79 Å². The highest BCUT2D eigenvalue weighted by molar-refractivity contribution is 8.00. The highest BCUT2D eigenvalue weighted by Crippen LogP contribution is 2.21. The number of carbonyl (C=O) groups excluding carboxylic acids is 1. The fourth-order valence-corrected chi connectivity index (χ4v) is 1.84. The lowest BCUT2D eigenvalue weighted by atomic mass is 10.3. The predicted octanol–water partition coefficient (Wildman–Crippen LogP) is 2.38. The van der Waals surface area contributed by atoms with E-state index in [2.05, 4.69) is 5.32 Å². The summed E-state index contributed by atoms with van der Waals surface area (Å²) in [6, 6.07) is 7.92. The Kier molecular flexibility index (Phi) is 5.04. The Morgan fingerprint density at radius 3 is 3.00 bits per heavy atom. The third-order valence-electron chi connectivity index (χ3n) is 1.78. The summed E-state index contributed by atoms with van der Waals surface area (Å²) < 4.78 is 4.84. The first kappa shape index (κ1) is 11.9. The molecule has 1 aromatic rings. The molecular formula is C11H15NO2S. The zero-order chi connectivity index (χ0) is 11.1. The first-order valence-electron chi connectivity index (χ1n) is 4.82. The standard InChI is InChI=1S/C11H15NO2S/c1-3-14-11(13)8-15-10-6-4-5-9(7-10)12-2/h4-7,12H,3,8H2,1-2H3. The van der Waals surface area contributed by atoms with Crippen molar-refractivity contribution < 1.29 is 9.53 Å². The second kappa shape index (κ2) is 6.35. The Labute approximate surface area is 94.2 Å². The van der Waals surface area contributed by atoms with Gasteiger partial charge < -0.3 is 10.1 Å². The largest absolute Gasteiger partial charge is 0.465 e. The van der Waals surface area contributed by atoms with Gasteiger partial charge in [-0.25, -0.2) is 0 Å². The summed E-state index contributed by atoms with van der Waals surface area (Å²) in [5.41, 5.74) is 1.05. The number of hydrogen-bond donors (Lipinski definition) is 1. The first-order chi connectivity index (χ1) is 7.26. The van der Waals surface area contributed by atoms with E-state index in [0.717, 1.165) is 10.6 Å². The van der Waals surface area contributed by atoms with Crippen molar-refractivity contribution in [3.05, 3.63) is 24.3 Å². The van der Waals surface area contributed by atoms with Crippen LogP contribution in [0.2, 0.25) is 0 Å². The minimum absolute atomic E-state index is 0.169. The van der Waals surface area contributed by atoms with E-state index in [-0.39, 0.29) is 5.97 Å². The molecule has 0 unspecified atom stereocenters. The Morgan fingerprint density at radius 2 is 2.33 bits per heavy atom. The van der Waals surface area contributed by atoms with Gasteiger partial charge in [-0.15, -0.1) is 11.8 Å². The number of hydrogen-bond acceptors (Lipinski definition) is 4. The van der Waals surface area contributed by atoms with Gasteiger partial charge in [0.05, 0.1) is 12.4 Å². The number of esters is 1. The molecule has 0 saturated carbocycles. The van der Waals surface area contributed by atoms with Crippen molar-refractivity contribution in [1.29, 1.82) is 0 Å². The van der Waals surface area contributed by atoms with E-state index < -0.39 is 0 Å². The van der Waals surface area contributed by atoms with E-state index in [1.165, 1.54) is 11.8 Å². The summed E-state index contributed by atoms with van der Waals surface area (Å²) in [4.78, 5) is 12.2. The van der Waals surface area contributed by atoms with Gasteiger partial charge in [-0.2, -0.15) is 0 Å². The average Bonchev–Trinajstić information content (AvgIpc) is 2.27. The van der Waals surface area contributed by atoms with E-state index in [1.54, 1.807) is 0 Å². The summed E-state index contributed by atoms with van der Waals surface area (Å²) >= 11 is 1.48. The lowest BCUT2D eigenvalue weighted by molar-refractivity contribution is -0.139. The number of carbonyl (C=O) groups is 1. The van der Waals surface area contributed by atoms with Gasteiger partial charge in [-0.3, -0.25) is 4.79 Å². The molecule has 15 heavy (non-hydrogen) atoms. The number of ether oxygens (including phenoxy) is 1. The van der Waals surface area contributed by atoms with E-state index in [4.69, 9.17) is 4.74 Å². The van der Waals surface area contributed by atoms with Gasteiger partial charge >= 0.3 is 5.97 Å². The Balaban J connectivity index is 2.46. The lowest BCUT2D eigenvalue weighted by Gasteiger charge is -2.04. The summed E-state index contributed by atoms with van der Waals surface area (Å²) in [5, 5.41) is 3.05. The van der Waals surface area contributed by atoms with Gasteiger partial charge in [0.15, 0.2) is 0 Å². The van der Waals surface area contributed by atoms with Gasteiger partial charge in [0.2, 0.25) is 0 Å². The molecule has 0 fully saturated rings. The summed E-state index contributed by atoms with van der Waals surface area (Å²) in [6.07, 6.45) is 0. The highest BCUT2D eigenvalue weighted by atomic mass is 32.2. The zero-order valence-electron chi connectivity index (χ0n) is 8.95. The molecule has 4 heteroatoms. The number of nitrogens with one attached hydrogen (secondary N) is 1. The van der Waals surface area contributed by atoms with Crippen LogP contribution < -0.4 is 5.32 Å². The fraction of sp³-hybridized carbons (Fsp3) is 0.364. The minimum Gasteiger partial charge on any atom is -0.465 e. The smallest absolute Gasteiger partial charge is 0.316 e. The van der Waals surface area contributed by atoms with Crippen LogP contribution in [0.3, 0.4) is 0 Å². The molecule has 0 saturated heterocycles. The maximum absolute atomic E-state index is 11.1. The number of anilines is 1. The fourth-order valence-electron chi connectivity index (χ4n) is 1.09. The quantitative estimate of drug-likeness (QED) is 0.617. The van der Waals surface area contributed by atoms with Crippen molar-refractivity contribution in [3.63, 3.8) is 0 Å². The van der Waals surface area contributed by atoms with Crippen molar-refractivity contribution >= 4 is 23.4 Å². The van der Waals surface area contributed by atoms with Crippen molar-refractivity contribution in [3.8, 4) is 0 Å². The van der Waals surface area contributed by atoms with E-state index in [1.807, 2.05) is 38.2 Å². The minimum atomic E-state index is -0.169. The molecule has 0 aliphatic carbocycles. The van der Waals surface area contributed by atoms with Crippen LogP contribution in [0.1, 0.15) is 6.92 Å². The van der Waals surface area contributed by atoms with Crippen LogP contribution in [-0.4, -0.2) is 25.4 Å². The second-order valence-electron chi connectivity index (χ2n) is 2.87. The molecule has 0 aliphatic rings. The van der Waals surface area contributed by atoms with Crippen molar-refractivity contribution in [2.75, 3.05) is 24.7 Å². The molecule has 0 amide bonds. The molecule has 0 heterocycles. The molecule has 0 atom stereocenters. The first-order valence-corrected chi connectivity index (χ1v) is 5.81. The van der Waals surface area contributed by atoms with Crippen LogP contribution in [-0.2, 0) is 9.53 Å². The van der Waals surface area contributed by atoms with Crippen LogP contribution in [0.5, 0.6) is 0 Å². The summed E-state index contributed by atoms with van der Waals surface area (Å²) in [5.74, 6) is 0.193. The molecular weight excluding hydrogens is 210 g/mol. The molecule has 82 valence electrons. The maximum Gasteiger partial charge on any atom is 0.316 e. The summed E-state index contributed by atoms with van der Waals surface area (Å²) in [6.45, 7) is 2.25. The van der Waals surface area contributed by atoms with Gasteiger partial charge in [0.1, 0.15) is 0 Å². The van der Waals surface area contributed by atoms with Crippen LogP contribution in [0.15, 0.2) is 29.2 Å². The molecule has 0 radical (unpaired) electrons. The number of thioether (sulfide) groups is 1. The van der Waals surface area contributed by atoms with E-state index >= 15 is 0 Å². The molecule has 1 aromatic carbocycles. The zero-order valence-corrected chi connectivity index (χ0v) is 9.76. The average molecular weight is 225 g/mol. The van der Waals surface area contributed by atoms with Crippen molar-refractivity contribution in [1.82, 2.24) is 0 Å². The van der Waals surface area contributed by atoms with Crippen LogP contribution >= 0.6 is 11.8 Å². The van der Waals surface area contributed by atoms with Crippen LogP contribution in [0.25, 0.3) is 0 Å². The third-order valence-corrected chi connectivity index (χ3v) is 2.75. The molecule has 3 nitrogen and oxygen atoms in total. The van der Waals surface area contributed by atoms with Crippen LogP contribution in [0.4, 0.5) is 5.69 Å². The number of rotatable bonds is 5. The lowest BCUT2D eigenvalue weighted by Crippen LogP contribution is -2.06. The van der Waals surface area contributed by atoms with Gasteiger partial charge in [0.25, 0.3) is 0 Å². The molecule has 1 N–H and O–H groups in total. The molecule has 0 bridgehead atoms. The van der Waals surface area contributed by atoms with Crippen molar-refractivity contribution in [2.45, 2.75) is 11.8 Å². The topological polar surface area (TPSA) is 38.3 Å². The van der Waals surface area contributed by atoms with Gasteiger partial charge in [-0.1, -0.05) is 6.07 Å². The highest BCUT2D eigenvalue weighted by Gasteiger charge is 2.03. The Hall–Kier alpha value is -1.16. The second-order valence-corrected chi connectivity index (χ2v) is 3.92. The molecule has 0 spiro atoms. The number of benzene rings is 1. The monoisotopic (exact) mass is 225 g/mol. The molecule has 0 aromatic heterocycles. The SMILES string of the molecule is CCOC(=O)CSc1cccc(NC)c1. The maximum atomic E-state index is 11.1. The predicted molar refractivity (Wildman–Crippen MR) is 63.3 cm³/mol. The molecule has 1 rings (SSSR count). The van der Waals surface area contributed by atoms with Crippen molar-refractivity contribution in [2.24, 2.45) is 0 Å².